The van der Waals surface area contributed by atoms with Crippen LogP contribution < -0.4 is 4.74 Å². The van der Waals surface area contributed by atoms with Crippen molar-refractivity contribution in [3.8, 4) is 5.75 Å². The van der Waals surface area contributed by atoms with Crippen LogP contribution in [0.3, 0.4) is 0 Å². The summed E-state index contributed by atoms with van der Waals surface area (Å²) < 4.78 is 46.6. The Labute approximate surface area is 141 Å². The summed E-state index contributed by atoms with van der Waals surface area (Å²) in [6.45, 7) is 0.332. The molecule has 1 aliphatic heterocycles. The topological polar surface area (TPSA) is 76.1 Å². The zero-order valence-corrected chi connectivity index (χ0v) is 13.0. The van der Waals surface area contributed by atoms with E-state index in [2.05, 4.69) is 4.74 Å². The van der Waals surface area contributed by atoms with E-state index in [9.17, 15) is 22.8 Å². The minimum Gasteiger partial charge on any atom is -0.479 e. The lowest BCUT2D eigenvalue weighted by molar-refractivity contribution is -0.274. The van der Waals surface area contributed by atoms with Gasteiger partial charge in [-0.2, -0.15) is 0 Å². The van der Waals surface area contributed by atoms with Crippen molar-refractivity contribution in [1.82, 2.24) is 4.90 Å². The van der Waals surface area contributed by atoms with Gasteiger partial charge >= 0.3 is 12.3 Å². The molecule has 1 amide bonds. The predicted octanol–water partition coefficient (Wildman–Crippen LogP) is 2.00. The molecule has 0 aromatic heterocycles. The van der Waals surface area contributed by atoms with Gasteiger partial charge in [-0.3, -0.25) is 4.79 Å². The number of rotatable bonds is 4. The number of aliphatic carboxylic acids is 1. The normalized spacial score (nSPS) is 26.2. The van der Waals surface area contributed by atoms with Gasteiger partial charge in [0.1, 0.15) is 5.75 Å². The molecule has 0 bridgehead atoms. The molecule has 25 heavy (non-hydrogen) atoms. The second-order valence-corrected chi connectivity index (χ2v) is 6.02. The molecule has 1 saturated carbocycles. The maximum absolute atomic E-state index is 12.5. The van der Waals surface area contributed by atoms with Crippen molar-refractivity contribution in [3.05, 3.63) is 29.8 Å². The number of halogens is 3. The van der Waals surface area contributed by atoms with Crippen molar-refractivity contribution >= 4 is 11.9 Å². The van der Waals surface area contributed by atoms with Crippen LogP contribution in [-0.4, -0.2) is 54.0 Å². The average Bonchev–Trinajstić information content (AvgIpc) is 3.33. The third-order valence-corrected chi connectivity index (χ3v) is 4.31. The van der Waals surface area contributed by atoms with Crippen LogP contribution in [0.25, 0.3) is 0 Å². The number of amides is 1. The Morgan fingerprint density at radius 1 is 1.28 bits per heavy atom. The second kappa shape index (κ2) is 6.55. The molecule has 1 aliphatic carbocycles. The van der Waals surface area contributed by atoms with Gasteiger partial charge in [-0.25, -0.2) is 4.79 Å². The number of carboxylic acid groups (broad SMARTS) is 1. The first kappa shape index (κ1) is 17.5. The highest BCUT2D eigenvalue weighted by Gasteiger charge is 2.48. The Morgan fingerprint density at radius 3 is 2.68 bits per heavy atom. The maximum atomic E-state index is 12.5. The van der Waals surface area contributed by atoms with Crippen LogP contribution in [0.15, 0.2) is 24.3 Å². The van der Waals surface area contributed by atoms with Crippen molar-refractivity contribution in [3.63, 3.8) is 0 Å². The number of hydrogen-bond donors (Lipinski definition) is 1. The van der Waals surface area contributed by atoms with Crippen molar-refractivity contribution in [1.29, 1.82) is 0 Å². The molecule has 6 nitrogen and oxygen atoms in total. The van der Waals surface area contributed by atoms with E-state index in [1.54, 1.807) is 6.07 Å². The first-order valence-corrected chi connectivity index (χ1v) is 7.74. The summed E-state index contributed by atoms with van der Waals surface area (Å²) in [7, 11) is 0. The molecule has 1 aromatic carbocycles. The fourth-order valence-electron chi connectivity index (χ4n) is 3.05. The number of morpholine rings is 1. The summed E-state index contributed by atoms with van der Waals surface area (Å²) in [5.74, 6) is -2.54. The Balaban J connectivity index is 1.68. The summed E-state index contributed by atoms with van der Waals surface area (Å²) in [6, 6.07) is 5.76. The number of ether oxygens (including phenoxy) is 2. The van der Waals surface area contributed by atoms with Crippen LogP contribution in [0, 0.1) is 5.92 Å². The summed E-state index contributed by atoms with van der Waals surface area (Å²) >= 11 is 0. The third-order valence-electron chi connectivity index (χ3n) is 4.31. The van der Waals surface area contributed by atoms with E-state index < -0.39 is 24.4 Å². The van der Waals surface area contributed by atoms with E-state index >= 15 is 0 Å². The maximum Gasteiger partial charge on any atom is 0.573 e. The Bertz CT molecular complexity index is 678. The fourth-order valence-corrected chi connectivity index (χ4v) is 3.05. The number of carbonyl (C=O) groups is 2. The molecular formula is C16H16F3NO5. The lowest BCUT2D eigenvalue weighted by Crippen LogP contribution is -2.49. The van der Waals surface area contributed by atoms with Gasteiger partial charge in [0.05, 0.1) is 13.2 Å². The summed E-state index contributed by atoms with van der Waals surface area (Å²) in [4.78, 5) is 24.9. The van der Waals surface area contributed by atoms with E-state index in [0.717, 1.165) is 0 Å². The Morgan fingerprint density at radius 2 is 2.00 bits per heavy atom. The largest absolute Gasteiger partial charge is 0.573 e. The number of nitrogens with zero attached hydrogens (tertiary/aromatic N) is 1. The molecular weight excluding hydrogens is 343 g/mol. The third kappa shape index (κ3) is 4.04. The van der Waals surface area contributed by atoms with Crippen molar-refractivity contribution in [2.75, 3.05) is 19.7 Å². The van der Waals surface area contributed by atoms with Crippen LogP contribution in [0.1, 0.15) is 17.9 Å². The van der Waals surface area contributed by atoms with Crippen LogP contribution in [-0.2, 0) is 14.3 Å². The average molecular weight is 359 g/mol. The van der Waals surface area contributed by atoms with Crippen LogP contribution in [0.5, 0.6) is 5.75 Å². The van der Waals surface area contributed by atoms with Gasteiger partial charge < -0.3 is 19.5 Å². The molecule has 1 aromatic rings. The molecule has 2 aliphatic rings. The molecule has 0 spiro atoms. The van der Waals surface area contributed by atoms with Gasteiger partial charge in [-0.05, 0) is 24.0 Å². The van der Waals surface area contributed by atoms with Crippen LogP contribution in [0.2, 0.25) is 0 Å². The highest BCUT2D eigenvalue weighted by molar-refractivity contribution is 5.84. The smallest absolute Gasteiger partial charge is 0.479 e. The van der Waals surface area contributed by atoms with Crippen LogP contribution in [0.4, 0.5) is 13.2 Å². The molecule has 1 heterocycles. The highest BCUT2D eigenvalue weighted by Crippen LogP contribution is 2.51. The van der Waals surface area contributed by atoms with Crippen LogP contribution >= 0.6 is 0 Å². The van der Waals surface area contributed by atoms with E-state index in [0.29, 0.717) is 12.0 Å². The lowest BCUT2D eigenvalue weighted by atomic mass is 10.1. The first-order chi connectivity index (χ1) is 11.8. The number of benzene rings is 1. The zero-order valence-electron chi connectivity index (χ0n) is 13.0. The highest BCUT2D eigenvalue weighted by atomic mass is 19.4. The summed E-state index contributed by atoms with van der Waals surface area (Å²) in [5, 5.41) is 8.98. The second-order valence-electron chi connectivity index (χ2n) is 6.02. The molecule has 0 radical (unpaired) electrons. The number of carboxylic acids is 1. The lowest BCUT2D eigenvalue weighted by Gasteiger charge is -2.31. The van der Waals surface area contributed by atoms with Gasteiger partial charge in [-0.1, -0.05) is 18.2 Å². The van der Waals surface area contributed by atoms with Gasteiger partial charge in [-0.15, -0.1) is 13.2 Å². The number of alkyl halides is 3. The molecule has 9 heteroatoms. The van der Waals surface area contributed by atoms with Crippen molar-refractivity contribution < 1.29 is 37.3 Å². The van der Waals surface area contributed by atoms with Gasteiger partial charge in [0.25, 0.3) is 0 Å². The standard InChI is InChI=1S/C16H16F3NO5/c17-16(18,19)25-12-4-2-1-3-9(12)10-7-11(10)14(21)20-5-6-24-13(8-20)15(22)23/h1-4,10-11,13H,5-8H2,(H,22,23). The Kier molecular flexibility index (Phi) is 4.59. The molecule has 2 fully saturated rings. The molecule has 1 saturated heterocycles. The molecule has 136 valence electrons. The van der Waals surface area contributed by atoms with Crippen molar-refractivity contribution in [2.45, 2.75) is 24.8 Å². The minimum absolute atomic E-state index is 0.0575. The van der Waals surface area contributed by atoms with Crippen molar-refractivity contribution in [2.24, 2.45) is 5.92 Å². The number of para-hydroxylation sites is 1. The number of carbonyl (C=O) groups excluding carboxylic acids is 1. The Hall–Kier alpha value is -2.29. The van der Waals surface area contributed by atoms with Gasteiger partial charge in [0.15, 0.2) is 6.10 Å². The molecule has 3 unspecified atom stereocenters. The summed E-state index contributed by atoms with van der Waals surface area (Å²) in [6.07, 6.45) is -5.47. The number of hydrogen-bond acceptors (Lipinski definition) is 4. The van der Waals surface area contributed by atoms with E-state index in [1.165, 1.54) is 23.1 Å². The van der Waals surface area contributed by atoms with Gasteiger partial charge in [0, 0.05) is 12.5 Å². The van der Waals surface area contributed by atoms with Gasteiger partial charge in [0.2, 0.25) is 5.91 Å². The predicted molar refractivity (Wildman–Crippen MR) is 77.9 cm³/mol. The quantitative estimate of drug-likeness (QED) is 0.890. The SMILES string of the molecule is O=C(O)C1CN(C(=O)C2CC2c2ccccc2OC(F)(F)F)CCO1. The molecule has 3 atom stereocenters. The first-order valence-electron chi connectivity index (χ1n) is 7.74. The fraction of sp³-hybridized carbons (Fsp3) is 0.500. The zero-order chi connectivity index (χ0) is 18.2. The molecule has 1 N–H and O–H groups in total. The van der Waals surface area contributed by atoms with E-state index in [4.69, 9.17) is 9.84 Å². The molecule has 3 rings (SSSR count). The van der Waals surface area contributed by atoms with E-state index in [-0.39, 0.29) is 37.3 Å². The van der Waals surface area contributed by atoms with E-state index in [1.807, 2.05) is 0 Å². The minimum atomic E-state index is -4.80. The summed E-state index contributed by atoms with van der Waals surface area (Å²) in [5.41, 5.74) is 0.334. The monoisotopic (exact) mass is 359 g/mol.